The van der Waals surface area contributed by atoms with Crippen LogP contribution >= 0.6 is 11.8 Å². The molecule has 0 saturated heterocycles. The van der Waals surface area contributed by atoms with E-state index in [0.717, 1.165) is 11.1 Å². The first-order valence-corrected chi connectivity index (χ1v) is 7.25. The van der Waals surface area contributed by atoms with Gasteiger partial charge in [0.2, 0.25) is 22.9 Å². The first-order chi connectivity index (χ1) is 10.1. The van der Waals surface area contributed by atoms with Crippen LogP contribution in [0.2, 0.25) is 0 Å². The Morgan fingerprint density at radius 3 is 2.90 bits per heavy atom. The molecule has 1 aromatic carbocycles. The number of nitrogens with one attached hydrogen (secondary N) is 1. The third kappa shape index (κ3) is 3.05. The molecule has 0 fully saturated rings. The minimum absolute atomic E-state index is 0.0636. The second kappa shape index (κ2) is 5.57. The summed E-state index contributed by atoms with van der Waals surface area (Å²) in [5.41, 5.74) is 7.55. The number of anilines is 1. The number of benzene rings is 1. The van der Waals surface area contributed by atoms with Crippen molar-refractivity contribution in [1.82, 2.24) is 25.4 Å². The quantitative estimate of drug-likeness (QED) is 0.713. The summed E-state index contributed by atoms with van der Waals surface area (Å²) >= 11 is 1.40. The van der Waals surface area contributed by atoms with Gasteiger partial charge in [-0.3, -0.25) is 0 Å². The monoisotopic (exact) mass is 302 g/mol. The van der Waals surface area contributed by atoms with E-state index in [4.69, 9.17) is 10.2 Å². The molecule has 21 heavy (non-hydrogen) atoms. The molecule has 3 rings (SSSR count). The van der Waals surface area contributed by atoms with Crippen molar-refractivity contribution < 1.29 is 4.42 Å². The highest BCUT2D eigenvalue weighted by Crippen LogP contribution is 2.33. The molecule has 8 heteroatoms. The highest BCUT2D eigenvalue weighted by atomic mass is 32.2. The van der Waals surface area contributed by atoms with Crippen LogP contribution in [0.15, 0.2) is 33.8 Å². The SMILES string of the molecule is Cc1cccc(-c2nnc([C@H](C)Sc3n[nH]c(N)n3)o2)c1. The van der Waals surface area contributed by atoms with E-state index in [-0.39, 0.29) is 11.2 Å². The molecule has 108 valence electrons. The summed E-state index contributed by atoms with van der Waals surface area (Å²) in [6, 6.07) is 7.93. The zero-order valence-electron chi connectivity index (χ0n) is 11.6. The van der Waals surface area contributed by atoms with Crippen molar-refractivity contribution in [2.45, 2.75) is 24.3 Å². The average Bonchev–Trinajstić information content (AvgIpc) is 3.08. The smallest absolute Gasteiger partial charge is 0.247 e. The van der Waals surface area contributed by atoms with E-state index in [1.165, 1.54) is 11.8 Å². The van der Waals surface area contributed by atoms with Crippen LogP contribution in [0.1, 0.15) is 23.6 Å². The van der Waals surface area contributed by atoms with Crippen LogP contribution in [-0.2, 0) is 0 Å². The van der Waals surface area contributed by atoms with Gasteiger partial charge in [-0.05, 0) is 26.0 Å². The second-order valence-corrected chi connectivity index (χ2v) is 5.89. The van der Waals surface area contributed by atoms with Gasteiger partial charge in [0, 0.05) is 5.56 Å². The molecular formula is C13H14N6OS. The Morgan fingerprint density at radius 1 is 1.33 bits per heavy atom. The summed E-state index contributed by atoms with van der Waals surface area (Å²) < 4.78 is 5.73. The Labute approximate surface area is 125 Å². The van der Waals surface area contributed by atoms with Gasteiger partial charge in [-0.15, -0.1) is 15.3 Å². The number of nitrogen functional groups attached to an aromatic ring is 1. The molecule has 3 N–H and O–H groups in total. The number of H-pyrrole nitrogens is 1. The topological polar surface area (TPSA) is 107 Å². The summed E-state index contributed by atoms with van der Waals surface area (Å²) in [4.78, 5) is 4.04. The number of hydrogen-bond acceptors (Lipinski definition) is 7. The summed E-state index contributed by atoms with van der Waals surface area (Å²) in [7, 11) is 0. The number of rotatable bonds is 4. The fraction of sp³-hybridized carbons (Fsp3) is 0.231. The van der Waals surface area contributed by atoms with Crippen molar-refractivity contribution in [2.75, 3.05) is 5.73 Å². The van der Waals surface area contributed by atoms with Crippen LogP contribution in [0.3, 0.4) is 0 Å². The van der Waals surface area contributed by atoms with Gasteiger partial charge in [-0.2, -0.15) is 4.98 Å². The van der Waals surface area contributed by atoms with Gasteiger partial charge in [-0.25, -0.2) is 5.10 Å². The molecule has 0 bridgehead atoms. The second-order valence-electron chi connectivity index (χ2n) is 4.58. The predicted octanol–water partition coefficient (Wildman–Crippen LogP) is 2.60. The van der Waals surface area contributed by atoms with Crippen molar-refractivity contribution in [2.24, 2.45) is 0 Å². The van der Waals surface area contributed by atoms with E-state index < -0.39 is 0 Å². The summed E-state index contributed by atoms with van der Waals surface area (Å²) in [6.45, 7) is 3.97. The third-order valence-corrected chi connectivity index (χ3v) is 3.77. The lowest BCUT2D eigenvalue weighted by Gasteiger charge is -2.02. The minimum Gasteiger partial charge on any atom is -0.419 e. The van der Waals surface area contributed by atoms with Gasteiger partial charge in [0.25, 0.3) is 0 Å². The first kappa shape index (κ1) is 13.6. The number of aromatic amines is 1. The standard InChI is InChI=1S/C13H14N6OS/c1-7-4-3-5-9(6-7)11-17-16-10(20-11)8(2)21-13-15-12(14)18-19-13/h3-6,8H,1-2H3,(H3,14,15,18,19)/t8-/m0/s1. The lowest BCUT2D eigenvalue weighted by molar-refractivity contribution is 0.509. The number of nitrogens with two attached hydrogens (primary N) is 1. The molecule has 3 aromatic rings. The normalized spacial score (nSPS) is 12.5. The molecular weight excluding hydrogens is 288 g/mol. The first-order valence-electron chi connectivity index (χ1n) is 6.37. The van der Waals surface area contributed by atoms with Crippen LogP contribution in [0.5, 0.6) is 0 Å². The molecule has 2 heterocycles. The van der Waals surface area contributed by atoms with Crippen LogP contribution in [-0.4, -0.2) is 25.4 Å². The maximum absolute atomic E-state index is 5.73. The maximum Gasteiger partial charge on any atom is 0.247 e. The Hall–Kier alpha value is -2.35. The molecule has 0 aliphatic heterocycles. The Balaban J connectivity index is 1.78. The van der Waals surface area contributed by atoms with E-state index in [0.29, 0.717) is 16.9 Å². The molecule has 0 aliphatic carbocycles. The van der Waals surface area contributed by atoms with Crippen molar-refractivity contribution in [3.63, 3.8) is 0 Å². The van der Waals surface area contributed by atoms with Gasteiger partial charge in [-0.1, -0.05) is 29.5 Å². The molecule has 0 unspecified atom stereocenters. The van der Waals surface area contributed by atoms with Crippen molar-refractivity contribution in [1.29, 1.82) is 0 Å². The van der Waals surface area contributed by atoms with Gasteiger partial charge in [0.15, 0.2) is 0 Å². The fourth-order valence-electron chi connectivity index (χ4n) is 1.81. The van der Waals surface area contributed by atoms with Crippen molar-refractivity contribution >= 4 is 17.7 Å². The van der Waals surface area contributed by atoms with E-state index >= 15 is 0 Å². The lowest BCUT2D eigenvalue weighted by Crippen LogP contribution is -1.90. The van der Waals surface area contributed by atoms with E-state index in [2.05, 4.69) is 25.4 Å². The largest absolute Gasteiger partial charge is 0.419 e. The highest BCUT2D eigenvalue weighted by molar-refractivity contribution is 7.99. The van der Waals surface area contributed by atoms with Gasteiger partial charge in [0.05, 0.1) is 5.25 Å². The molecule has 2 aromatic heterocycles. The van der Waals surface area contributed by atoms with E-state index in [9.17, 15) is 0 Å². The number of aromatic nitrogens is 5. The Kier molecular flexibility index (Phi) is 3.61. The molecule has 1 atom stereocenters. The summed E-state index contributed by atoms with van der Waals surface area (Å²) in [6.07, 6.45) is 0. The fourth-order valence-corrected chi connectivity index (χ4v) is 2.57. The van der Waals surface area contributed by atoms with Crippen LogP contribution in [0, 0.1) is 6.92 Å². The number of nitrogens with zero attached hydrogens (tertiary/aromatic N) is 4. The molecule has 0 saturated carbocycles. The summed E-state index contributed by atoms with van der Waals surface area (Å²) in [5, 5.41) is 15.2. The lowest BCUT2D eigenvalue weighted by atomic mass is 10.1. The summed E-state index contributed by atoms with van der Waals surface area (Å²) in [5.74, 6) is 1.33. The van der Waals surface area contributed by atoms with Crippen LogP contribution in [0.25, 0.3) is 11.5 Å². The van der Waals surface area contributed by atoms with E-state index in [1.54, 1.807) is 0 Å². The molecule has 7 nitrogen and oxygen atoms in total. The molecule has 0 radical (unpaired) electrons. The van der Waals surface area contributed by atoms with Crippen molar-refractivity contribution in [3.8, 4) is 11.5 Å². The minimum atomic E-state index is -0.0636. The predicted molar refractivity (Wildman–Crippen MR) is 79.5 cm³/mol. The number of hydrogen-bond donors (Lipinski definition) is 2. The molecule has 0 spiro atoms. The number of aryl methyl sites for hydroxylation is 1. The average molecular weight is 302 g/mol. The Bertz CT molecular complexity index is 752. The van der Waals surface area contributed by atoms with Gasteiger partial charge in [0.1, 0.15) is 0 Å². The molecule has 0 amide bonds. The zero-order chi connectivity index (χ0) is 14.8. The van der Waals surface area contributed by atoms with Crippen molar-refractivity contribution in [3.05, 3.63) is 35.7 Å². The number of thioether (sulfide) groups is 1. The van der Waals surface area contributed by atoms with Crippen LogP contribution in [0.4, 0.5) is 5.95 Å². The zero-order valence-corrected chi connectivity index (χ0v) is 12.4. The maximum atomic E-state index is 5.73. The third-order valence-electron chi connectivity index (χ3n) is 2.82. The van der Waals surface area contributed by atoms with Gasteiger partial charge >= 0.3 is 0 Å². The van der Waals surface area contributed by atoms with E-state index in [1.807, 2.05) is 38.1 Å². The van der Waals surface area contributed by atoms with Gasteiger partial charge < -0.3 is 10.2 Å². The van der Waals surface area contributed by atoms with Crippen LogP contribution < -0.4 is 5.73 Å². The Morgan fingerprint density at radius 2 is 2.19 bits per heavy atom. The highest BCUT2D eigenvalue weighted by Gasteiger charge is 2.18. The molecule has 0 aliphatic rings.